The van der Waals surface area contributed by atoms with Gasteiger partial charge in [0.15, 0.2) is 5.82 Å². The highest BCUT2D eigenvalue weighted by Gasteiger charge is 2.15. The van der Waals surface area contributed by atoms with Crippen molar-refractivity contribution in [3.63, 3.8) is 0 Å². The van der Waals surface area contributed by atoms with Crippen LogP contribution in [0.1, 0.15) is 10.4 Å². The van der Waals surface area contributed by atoms with E-state index in [4.69, 9.17) is 28.9 Å². The standard InChI is InChI=1S/C11H7Cl2FN4O/c12-5-4-16-11(13)18-10(5)17-7-3-1-2-6(14)8(7)9(15)19/h1-4H,(H2,15,19)(H,16,17,18). The lowest BCUT2D eigenvalue weighted by Crippen LogP contribution is -2.15. The molecule has 1 heterocycles. The van der Waals surface area contributed by atoms with E-state index in [9.17, 15) is 9.18 Å². The van der Waals surface area contributed by atoms with Crippen LogP contribution in [-0.4, -0.2) is 15.9 Å². The SMILES string of the molecule is NC(=O)c1c(F)cccc1Nc1nc(Cl)ncc1Cl. The van der Waals surface area contributed by atoms with Gasteiger partial charge < -0.3 is 11.1 Å². The lowest BCUT2D eigenvalue weighted by atomic mass is 10.1. The summed E-state index contributed by atoms with van der Waals surface area (Å²) in [6, 6.07) is 4.01. The maximum atomic E-state index is 13.6. The first-order valence-electron chi connectivity index (χ1n) is 5.02. The largest absolute Gasteiger partial charge is 0.365 e. The predicted octanol–water partition coefficient (Wildman–Crippen LogP) is 2.77. The molecule has 1 amide bonds. The summed E-state index contributed by atoms with van der Waals surface area (Å²) in [5.74, 6) is -1.50. The maximum absolute atomic E-state index is 13.6. The van der Waals surface area contributed by atoms with Gasteiger partial charge in [0, 0.05) is 0 Å². The molecule has 0 spiro atoms. The third kappa shape index (κ3) is 2.91. The Morgan fingerprint density at radius 2 is 2.11 bits per heavy atom. The summed E-state index contributed by atoms with van der Waals surface area (Å²) >= 11 is 11.5. The van der Waals surface area contributed by atoms with Crippen molar-refractivity contribution in [2.24, 2.45) is 5.73 Å². The van der Waals surface area contributed by atoms with Crippen LogP contribution in [0.4, 0.5) is 15.9 Å². The number of nitrogens with two attached hydrogens (primary N) is 1. The van der Waals surface area contributed by atoms with E-state index in [2.05, 4.69) is 15.3 Å². The van der Waals surface area contributed by atoms with Crippen LogP contribution < -0.4 is 11.1 Å². The zero-order valence-electron chi connectivity index (χ0n) is 9.32. The van der Waals surface area contributed by atoms with E-state index >= 15 is 0 Å². The Morgan fingerprint density at radius 3 is 2.79 bits per heavy atom. The Bertz CT molecular complexity index is 651. The molecule has 0 aliphatic heterocycles. The van der Waals surface area contributed by atoms with Gasteiger partial charge in [-0.2, -0.15) is 4.98 Å². The summed E-state index contributed by atoms with van der Waals surface area (Å²) in [6.07, 6.45) is 1.28. The van der Waals surface area contributed by atoms with Crippen LogP contribution in [0.5, 0.6) is 0 Å². The molecule has 0 bridgehead atoms. The third-order valence-electron chi connectivity index (χ3n) is 2.23. The molecule has 98 valence electrons. The third-order valence-corrected chi connectivity index (χ3v) is 2.69. The summed E-state index contributed by atoms with van der Waals surface area (Å²) in [6.45, 7) is 0. The number of primary amides is 1. The van der Waals surface area contributed by atoms with Gasteiger partial charge >= 0.3 is 0 Å². The second-order valence-corrected chi connectivity index (χ2v) is 4.23. The molecule has 2 aromatic rings. The average molecular weight is 301 g/mol. The van der Waals surface area contributed by atoms with E-state index in [0.717, 1.165) is 6.07 Å². The van der Waals surface area contributed by atoms with Crippen molar-refractivity contribution in [3.8, 4) is 0 Å². The number of carbonyl (C=O) groups excluding carboxylic acids is 1. The highest BCUT2D eigenvalue weighted by atomic mass is 35.5. The Morgan fingerprint density at radius 1 is 1.37 bits per heavy atom. The molecular weight excluding hydrogens is 294 g/mol. The molecule has 3 N–H and O–H groups in total. The number of carbonyl (C=O) groups is 1. The van der Waals surface area contributed by atoms with Crippen LogP contribution in [0.15, 0.2) is 24.4 Å². The summed E-state index contributed by atoms with van der Waals surface area (Å²) in [7, 11) is 0. The molecular formula is C11H7Cl2FN4O. The monoisotopic (exact) mass is 300 g/mol. The molecule has 1 aromatic carbocycles. The summed E-state index contributed by atoms with van der Waals surface area (Å²) < 4.78 is 13.6. The van der Waals surface area contributed by atoms with Gasteiger partial charge in [-0.25, -0.2) is 9.37 Å². The molecule has 2 rings (SSSR count). The van der Waals surface area contributed by atoms with Crippen LogP contribution in [0.2, 0.25) is 10.3 Å². The molecule has 0 unspecified atom stereocenters. The Balaban J connectivity index is 2.46. The fraction of sp³-hybridized carbons (Fsp3) is 0. The number of amides is 1. The number of halogens is 3. The molecule has 5 nitrogen and oxygen atoms in total. The molecule has 0 aliphatic carbocycles. The number of nitrogens with zero attached hydrogens (tertiary/aromatic N) is 2. The van der Waals surface area contributed by atoms with Crippen LogP contribution in [0.3, 0.4) is 0 Å². The van der Waals surface area contributed by atoms with E-state index in [-0.39, 0.29) is 27.4 Å². The van der Waals surface area contributed by atoms with E-state index in [1.807, 2.05) is 0 Å². The molecule has 19 heavy (non-hydrogen) atoms. The zero-order valence-corrected chi connectivity index (χ0v) is 10.8. The van der Waals surface area contributed by atoms with E-state index in [1.54, 1.807) is 0 Å². The first kappa shape index (κ1) is 13.5. The lowest BCUT2D eigenvalue weighted by molar-refractivity contribution is 0.0997. The van der Waals surface area contributed by atoms with E-state index in [0.29, 0.717) is 0 Å². The zero-order chi connectivity index (χ0) is 14.0. The molecule has 0 saturated carbocycles. The molecule has 8 heteroatoms. The predicted molar refractivity (Wildman–Crippen MR) is 70.3 cm³/mol. The van der Waals surface area contributed by atoms with Gasteiger partial charge in [0.05, 0.1) is 17.4 Å². The molecule has 0 radical (unpaired) electrons. The number of benzene rings is 1. The van der Waals surface area contributed by atoms with Gasteiger partial charge in [-0.1, -0.05) is 17.7 Å². The minimum Gasteiger partial charge on any atom is -0.365 e. The molecule has 1 aromatic heterocycles. The first-order valence-corrected chi connectivity index (χ1v) is 5.78. The minimum atomic E-state index is -0.906. The summed E-state index contributed by atoms with van der Waals surface area (Å²) in [4.78, 5) is 18.7. The van der Waals surface area contributed by atoms with Gasteiger partial charge in [0.2, 0.25) is 5.28 Å². The van der Waals surface area contributed by atoms with Gasteiger partial charge in [-0.05, 0) is 23.7 Å². The topological polar surface area (TPSA) is 80.9 Å². The quantitative estimate of drug-likeness (QED) is 0.854. The number of anilines is 2. The summed E-state index contributed by atoms with van der Waals surface area (Å²) in [5.41, 5.74) is 4.99. The van der Waals surface area contributed by atoms with Crippen molar-refractivity contribution in [2.45, 2.75) is 0 Å². The Labute approximate surface area is 117 Å². The normalized spacial score (nSPS) is 10.3. The van der Waals surface area contributed by atoms with Crippen molar-refractivity contribution in [3.05, 3.63) is 46.1 Å². The molecule has 0 aliphatic rings. The lowest BCUT2D eigenvalue weighted by Gasteiger charge is -2.11. The van der Waals surface area contributed by atoms with Crippen LogP contribution in [0, 0.1) is 5.82 Å². The van der Waals surface area contributed by atoms with E-state index in [1.165, 1.54) is 18.3 Å². The first-order chi connectivity index (χ1) is 8.99. The van der Waals surface area contributed by atoms with Crippen molar-refractivity contribution >= 4 is 40.6 Å². The smallest absolute Gasteiger partial charge is 0.253 e. The second kappa shape index (κ2) is 5.38. The number of rotatable bonds is 3. The maximum Gasteiger partial charge on any atom is 0.253 e. The second-order valence-electron chi connectivity index (χ2n) is 3.49. The minimum absolute atomic E-state index is 0.0380. The number of nitrogens with one attached hydrogen (secondary N) is 1. The highest BCUT2D eigenvalue weighted by Crippen LogP contribution is 2.26. The van der Waals surface area contributed by atoms with Crippen molar-refractivity contribution in [1.29, 1.82) is 0 Å². The fourth-order valence-electron chi connectivity index (χ4n) is 1.44. The van der Waals surface area contributed by atoms with Gasteiger partial charge in [-0.3, -0.25) is 4.79 Å². The fourth-order valence-corrected chi connectivity index (χ4v) is 1.71. The van der Waals surface area contributed by atoms with Gasteiger partial charge in [0.1, 0.15) is 10.8 Å². The molecule has 0 saturated heterocycles. The average Bonchev–Trinajstić information content (AvgIpc) is 2.33. The molecule has 0 atom stereocenters. The number of aromatic nitrogens is 2. The van der Waals surface area contributed by atoms with Gasteiger partial charge in [0.25, 0.3) is 5.91 Å². The number of hydrogen-bond acceptors (Lipinski definition) is 4. The van der Waals surface area contributed by atoms with E-state index < -0.39 is 11.7 Å². The summed E-state index contributed by atoms with van der Waals surface area (Å²) in [5, 5.41) is 2.83. The van der Waals surface area contributed by atoms with Crippen molar-refractivity contribution in [1.82, 2.24) is 9.97 Å². The van der Waals surface area contributed by atoms with Gasteiger partial charge in [-0.15, -0.1) is 0 Å². The van der Waals surface area contributed by atoms with Crippen LogP contribution in [0.25, 0.3) is 0 Å². The van der Waals surface area contributed by atoms with Crippen molar-refractivity contribution in [2.75, 3.05) is 5.32 Å². The Hall–Kier alpha value is -1.92. The van der Waals surface area contributed by atoms with Crippen molar-refractivity contribution < 1.29 is 9.18 Å². The molecule has 0 fully saturated rings. The number of hydrogen-bond donors (Lipinski definition) is 2. The highest BCUT2D eigenvalue weighted by molar-refractivity contribution is 6.33. The van der Waals surface area contributed by atoms with Crippen LogP contribution >= 0.6 is 23.2 Å². The van der Waals surface area contributed by atoms with Crippen LogP contribution in [-0.2, 0) is 0 Å². The Kier molecular flexibility index (Phi) is 3.82.